The first-order valence-corrected chi connectivity index (χ1v) is 3.49. The van der Waals surface area contributed by atoms with Crippen molar-refractivity contribution >= 4 is 12.0 Å². The second kappa shape index (κ2) is 2.37. The molecule has 12 heavy (non-hydrogen) atoms. The van der Waals surface area contributed by atoms with Crippen LogP contribution in [0, 0.1) is 0 Å². The Bertz CT molecular complexity index is 354. The zero-order chi connectivity index (χ0) is 8.55. The van der Waals surface area contributed by atoms with Crippen molar-refractivity contribution in [1.82, 2.24) is 15.5 Å². The second-order valence-electron chi connectivity index (χ2n) is 2.48. The van der Waals surface area contributed by atoms with Gasteiger partial charge in [0.1, 0.15) is 0 Å². The van der Waals surface area contributed by atoms with Crippen molar-refractivity contribution in [3.05, 3.63) is 23.2 Å². The van der Waals surface area contributed by atoms with E-state index in [1.807, 2.05) is 0 Å². The lowest BCUT2D eigenvalue weighted by molar-refractivity contribution is 0.0690. The van der Waals surface area contributed by atoms with Gasteiger partial charge in [-0.1, -0.05) is 0 Å². The molecule has 0 radical (unpaired) electrons. The molecule has 62 valence electrons. The summed E-state index contributed by atoms with van der Waals surface area (Å²) in [7, 11) is 0. The largest absolute Gasteiger partial charge is 0.476 e. The van der Waals surface area contributed by atoms with Gasteiger partial charge in [0.25, 0.3) is 0 Å². The van der Waals surface area contributed by atoms with Crippen LogP contribution in [-0.2, 0) is 6.54 Å². The minimum atomic E-state index is -1.00. The molecule has 0 bridgehead atoms. The number of carboxylic acid groups (broad SMARTS) is 1. The van der Waals surface area contributed by atoms with E-state index in [-0.39, 0.29) is 5.69 Å². The molecule has 0 atom stereocenters. The van der Waals surface area contributed by atoms with Crippen LogP contribution in [0.5, 0.6) is 0 Å². The van der Waals surface area contributed by atoms with Crippen LogP contribution in [0.4, 0.5) is 0 Å². The normalized spacial score (nSPS) is 13.7. The van der Waals surface area contributed by atoms with Gasteiger partial charge in [-0.2, -0.15) is 5.10 Å². The molecule has 0 saturated carbocycles. The minimum Gasteiger partial charge on any atom is -0.476 e. The SMILES string of the molecule is O=C(O)c1n[nH]c2c1C=CNC2. The lowest BCUT2D eigenvalue weighted by atomic mass is 10.1. The first kappa shape index (κ1) is 6.90. The third-order valence-corrected chi connectivity index (χ3v) is 1.73. The first-order valence-electron chi connectivity index (χ1n) is 3.49. The van der Waals surface area contributed by atoms with Crippen LogP contribution in [0.1, 0.15) is 21.7 Å². The molecule has 0 amide bonds. The molecule has 1 aliphatic rings. The van der Waals surface area contributed by atoms with Gasteiger partial charge in [-0.15, -0.1) is 0 Å². The van der Waals surface area contributed by atoms with E-state index in [0.717, 1.165) is 5.69 Å². The van der Waals surface area contributed by atoms with Crippen LogP contribution in [0.15, 0.2) is 6.20 Å². The molecule has 5 heteroatoms. The zero-order valence-electron chi connectivity index (χ0n) is 6.16. The van der Waals surface area contributed by atoms with E-state index < -0.39 is 5.97 Å². The number of nitrogens with zero attached hydrogens (tertiary/aromatic N) is 1. The van der Waals surface area contributed by atoms with Gasteiger partial charge in [-0.05, 0) is 12.3 Å². The fourth-order valence-electron chi connectivity index (χ4n) is 1.17. The highest BCUT2D eigenvalue weighted by Gasteiger charge is 2.17. The Morgan fingerprint density at radius 2 is 2.50 bits per heavy atom. The van der Waals surface area contributed by atoms with Crippen molar-refractivity contribution in [2.24, 2.45) is 0 Å². The summed E-state index contributed by atoms with van der Waals surface area (Å²) in [5.41, 5.74) is 1.57. The van der Waals surface area contributed by atoms with Crippen LogP contribution >= 0.6 is 0 Å². The summed E-state index contributed by atoms with van der Waals surface area (Å²) in [6, 6.07) is 0. The highest BCUT2D eigenvalue weighted by Crippen LogP contribution is 2.15. The minimum absolute atomic E-state index is 0.0859. The topological polar surface area (TPSA) is 78.0 Å². The lowest BCUT2D eigenvalue weighted by Gasteiger charge is -2.05. The number of aromatic nitrogens is 2. The summed E-state index contributed by atoms with van der Waals surface area (Å²) in [6.45, 7) is 0.603. The predicted octanol–water partition coefficient (Wildman–Crippen LogP) is 0.182. The summed E-state index contributed by atoms with van der Waals surface area (Å²) in [5.74, 6) is -1.00. The molecule has 5 nitrogen and oxygen atoms in total. The molecule has 0 aromatic carbocycles. The summed E-state index contributed by atoms with van der Waals surface area (Å²) >= 11 is 0. The number of carbonyl (C=O) groups is 1. The van der Waals surface area contributed by atoms with E-state index in [1.165, 1.54) is 0 Å². The maximum Gasteiger partial charge on any atom is 0.357 e. The van der Waals surface area contributed by atoms with E-state index in [2.05, 4.69) is 15.5 Å². The monoisotopic (exact) mass is 165 g/mol. The maximum absolute atomic E-state index is 10.6. The van der Waals surface area contributed by atoms with Crippen LogP contribution in [-0.4, -0.2) is 21.3 Å². The predicted molar refractivity (Wildman–Crippen MR) is 41.4 cm³/mol. The summed E-state index contributed by atoms with van der Waals surface area (Å²) in [5, 5.41) is 18.0. The third-order valence-electron chi connectivity index (χ3n) is 1.73. The molecule has 1 aromatic heterocycles. The molecule has 1 aliphatic heterocycles. The third kappa shape index (κ3) is 0.868. The van der Waals surface area contributed by atoms with Gasteiger partial charge in [0.2, 0.25) is 0 Å². The van der Waals surface area contributed by atoms with Gasteiger partial charge in [0.05, 0.1) is 12.2 Å². The molecule has 0 unspecified atom stereocenters. The van der Waals surface area contributed by atoms with E-state index in [9.17, 15) is 4.79 Å². The molecule has 2 rings (SSSR count). The maximum atomic E-state index is 10.6. The zero-order valence-corrected chi connectivity index (χ0v) is 6.16. The molecule has 0 fully saturated rings. The fraction of sp³-hybridized carbons (Fsp3) is 0.143. The molecule has 3 N–H and O–H groups in total. The molecular weight excluding hydrogens is 158 g/mol. The van der Waals surface area contributed by atoms with Crippen molar-refractivity contribution in [2.75, 3.05) is 0 Å². The van der Waals surface area contributed by atoms with E-state index in [0.29, 0.717) is 12.1 Å². The number of aromatic amines is 1. The van der Waals surface area contributed by atoms with Gasteiger partial charge in [-0.25, -0.2) is 4.79 Å². The van der Waals surface area contributed by atoms with Crippen LogP contribution in [0.2, 0.25) is 0 Å². The Morgan fingerprint density at radius 3 is 3.25 bits per heavy atom. The molecular formula is C7H7N3O2. The first-order chi connectivity index (χ1) is 5.79. The van der Waals surface area contributed by atoms with Crippen molar-refractivity contribution in [3.8, 4) is 0 Å². The Morgan fingerprint density at radius 1 is 1.67 bits per heavy atom. The average molecular weight is 165 g/mol. The Labute approximate surface area is 68.1 Å². The van der Waals surface area contributed by atoms with E-state index in [1.54, 1.807) is 12.3 Å². The molecule has 1 aromatic rings. The summed E-state index contributed by atoms with van der Waals surface area (Å²) in [6.07, 6.45) is 3.41. The van der Waals surface area contributed by atoms with Gasteiger partial charge in [0.15, 0.2) is 5.69 Å². The Hall–Kier alpha value is -1.78. The highest BCUT2D eigenvalue weighted by atomic mass is 16.4. The number of rotatable bonds is 1. The number of fused-ring (bicyclic) bond motifs is 1. The molecule has 0 saturated heterocycles. The van der Waals surface area contributed by atoms with Crippen molar-refractivity contribution in [1.29, 1.82) is 0 Å². The number of aromatic carboxylic acids is 1. The van der Waals surface area contributed by atoms with E-state index >= 15 is 0 Å². The Balaban J connectivity index is 2.54. The van der Waals surface area contributed by atoms with Crippen LogP contribution in [0.3, 0.4) is 0 Å². The van der Waals surface area contributed by atoms with Gasteiger partial charge in [0, 0.05) is 5.56 Å². The fourth-order valence-corrected chi connectivity index (χ4v) is 1.17. The molecule has 0 spiro atoms. The number of nitrogens with one attached hydrogen (secondary N) is 2. The highest BCUT2D eigenvalue weighted by molar-refractivity contribution is 5.90. The van der Waals surface area contributed by atoms with Crippen LogP contribution in [0.25, 0.3) is 6.08 Å². The van der Waals surface area contributed by atoms with Gasteiger partial charge >= 0.3 is 5.97 Å². The molecule has 0 aliphatic carbocycles. The van der Waals surface area contributed by atoms with Crippen molar-refractivity contribution in [3.63, 3.8) is 0 Å². The molecule has 2 heterocycles. The number of hydrogen-bond donors (Lipinski definition) is 3. The van der Waals surface area contributed by atoms with Gasteiger partial charge in [-0.3, -0.25) is 5.10 Å². The lowest BCUT2D eigenvalue weighted by Crippen LogP contribution is -2.10. The number of hydrogen-bond acceptors (Lipinski definition) is 3. The van der Waals surface area contributed by atoms with Crippen LogP contribution < -0.4 is 5.32 Å². The number of carboxylic acids is 1. The summed E-state index contributed by atoms with van der Waals surface area (Å²) in [4.78, 5) is 10.6. The standard InChI is InChI=1S/C7H7N3O2/c11-7(12)6-4-1-2-8-3-5(4)9-10-6/h1-2,8H,3H2,(H,9,10)(H,11,12). The van der Waals surface area contributed by atoms with Crippen molar-refractivity contribution < 1.29 is 9.90 Å². The Kier molecular flexibility index (Phi) is 1.36. The quantitative estimate of drug-likeness (QED) is 0.554. The summed E-state index contributed by atoms with van der Waals surface area (Å²) < 4.78 is 0. The average Bonchev–Trinajstić information content (AvgIpc) is 2.47. The number of H-pyrrole nitrogens is 1. The smallest absolute Gasteiger partial charge is 0.357 e. The second-order valence-corrected chi connectivity index (χ2v) is 2.48. The van der Waals surface area contributed by atoms with E-state index in [4.69, 9.17) is 5.11 Å². The van der Waals surface area contributed by atoms with Gasteiger partial charge < -0.3 is 10.4 Å². The van der Waals surface area contributed by atoms with Crippen molar-refractivity contribution in [2.45, 2.75) is 6.54 Å².